The fraction of sp³-hybridized carbons (Fsp3) is 0.533. The Kier molecular flexibility index (Phi) is 4.53. The minimum atomic E-state index is -0.253. The molecular weight excluding hydrogens is 243 g/mol. The van der Waals surface area contributed by atoms with Gasteiger partial charge in [0.05, 0.1) is 12.0 Å². The Morgan fingerprint density at radius 3 is 2.84 bits per heavy atom. The summed E-state index contributed by atoms with van der Waals surface area (Å²) in [7, 11) is 1.76. The van der Waals surface area contributed by atoms with Crippen LogP contribution in [0.5, 0.6) is 0 Å². The van der Waals surface area contributed by atoms with E-state index in [1.807, 2.05) is 6.92 Å². The minimum absolute atomic E-state index is 0.0213. The van der Waals surface area contributed by atoms with E-state index in [0.717, 1.165) is 25.9 Å². The van der Waals surface area contributed by atoms with Crippen molar-refractivity contribution in [1.29, 1.82) is 0 Å². The fourth-order valence-electron chi connectivity index (χ4n) is 2.56. The average molecular weight is 264 g/mol. The van der Waals surface area contributed by atoms with Crippen LogP contribution >= 0.6 is 0 Å². The molecule has 1 fully saturated rings. The summed E-state index contributed by atoms with van der Waals surface area (Å²) in [5, 5.41) is 3.24. The molecule has 0 bridgehead atoms. The van der Waals surface area contributed by atoms with Crippen LogP contribution in [0, 0.1) is 11.7 Å². The van der Waals surface area contributed by atoms with Crippen LogP contribution in [0.15, 0.2) is 24.3 Å². The first-order chi connectivity index (χ1) is 9.11. The highest BCUT2D eigenvalue weighted by molar-refractivity contribution is 5.79. The standard InChI is InChI=1S/C15H21FN2O/c1-11(13-7-3-4-8-14(13)16)18(2)15(19)12-6-5-9-17-10-12/h3-4,7-8,11-12,17H,5-6,9-10H2,1-2H3/t11?,12-/m1/s1. The summed E-state index contributed by atoms with van der Waals surface area (Å²) in [6.07, 6.45) is 1.94. The van der Waals surface area contributed by atoms with Gasteiger partial charge in [0.1, 0.15) is 5.82 Å². The fourth-order valence-corrected chi connectivity index (χ4v) is 2.56. The van der Waals surface area contributed by atoms with E-state index in [0.29, 0.717) is 5.56 Å². The van der Waals surface area contributed by atoms with Crippen LogP contribution in [0.4, 0.5) is 4.39 Å². The van der Waals surface area contributed by atoms with Crippen molar-refractivity contribution in [2.45, 2.75) is 25.8 Å². The summed E-state index contributed by atoms with van der Waals surface area (Å²) in [5.41, 5.74) is 0.571. The Morgan fingerprint density at radius 1 is 1.47 bits per heavy atom. The molecule has 1 amide bonds. The van der Waals surface area contributed by atoms with Gasteiger partial charge in [0, 0.05) is 19.2 Å². The van der Waals surface area contributed by atoms with E-state index < -0.39 is 0 Å². The summed E-state index contributed by atoms with van der Waals surface area (Å²) < 4.78 is 13.8. The maximum absolute atomic E-state index is 13.8. The number of carbonyl (C=O) groups excluding carboxylic acids is 1. The van der Waals surface area contributed by atoms with Crippen molar-refractivity contribution in [1.82, 2.24) is 10.2 Å². The van der Waals surface area contributed by atoms with Crippen LogP contribution in [0.2, 0.25) is 0 Å². The van der Waals surface area contributed by atoms with Crippen molar-refractivity contribution < 1.29 is 9.18 Å². The first-order valence-corrected chi connectivity index (χ1v) is 6.83. The molecule has 2 atom stereocenters. The number of hydrogen-bond acceptors (Lipinski definition) is 2. The van der Waals surface area contributed by atoms with Crippen molar-refractivity contribution in [2.24, 2.45) is 5.92 Å². The second-order valence-corrected chi connectivity index (χ2v) is 5.19. The largest absolute Gasteiger partial charge is 0.339 e. The molecule has 4 heteroatoms. The van der Waals surface area contributed by atoms with Crippen molar-refractivity contribution in [3.63, 3.8) is 0 Å². The average Bonchev–Trinajstić information content (AvgIpc) is 2.46. The molecule has 3 nitrogen and oxygen atoms in total. The third-order valence-electron chi connectivity index (χ3n) is 3.93. The van der Waals surface area contributed by atoms with Gasteiger partial charge in [-0.25, -0.2) is 4.39 Å². The van der Waals surface area contributed by atoms with Gasteiger partial charge in [-0.05, 0) is 32.4 Å². The Morgan fingerprint density at radius 2 is 2.21 bits per heavy atom. The van der Waals surface area contributed by atoms with E-state index in [2.05, 4.69) is 5.32 Å². The molecule has 1 unspecified atom stereocenters. The van der Waals surface area contributed by atoms with Crippen molar-refractivity contribution in [2.75, 3.05) is 20.1 Å². The minimum Gasteiger partial charge on any atom is -0.339 e. The lowest BCUT2D eigenvalue weighted by Gasteiger charge is -2.31. The van der Waals surface area contributed by atoms with E-state index in [-0.39, 0.29) is 23.7 Å². The molecule has 0 aromatic heterocycles. The smallest absolute Gasteiger partial charge is 0.227 e. The number of rotatable bonds is 3. The maximum Gasteiger partial charge on any atom is 0.227 e. The number of benzene rings is 1. The number of piperidine rings is 1. The molecule has 0 radical (unpaired) electrons. The number of nitrogens with one attached hydrogen (secondary N) is 1. The zero-order valence-corrected chi connectivity index (χ0v) is 11.5. The molecule has 1 N–H and O–H groups in total. The van der Waals surface area contributed by atoms with Gasteiger partial charge in [-0.2, -0.15) is 0 Å². The van der Waals surface area contributed by atoms with E-state index in [1.165, 1.54) is 6.07 Å². The van der Waals surface area contributed by atoms with Gasteiger partial charge < -0.3 is 10.2 Å². The predicted molar refractivity (Wildman–Crippen MR) is 73.2 cm³/mol. The molecule has 1 aromatic carbocycles. The highest BCUT2D eigenvalue weighted by Crippen LogP contribution is 2.24. The van der Waals surface area contributed by atoms with Gasteiger partial charge in [-0.3, -0.25) is 4.79 Å². The van der Waals surface area contributed by atoms with Crippen LogP contribution in [0.25, 0.3) is 0 Å². The highest BCUT2D eigenvalue weighted by atomic mass is 19.1. The molecule has 1 aliphatic heterocycles. The summed E-state index contributed by atoms with van der Waals surface area (Å²) in [5.74, 6) is -0.132. The van der Waals surface area contributed by atoms with Crippen LogP contribution < -0.4 is 5.32 Å². The molecule has 0 saturated carbocycles. The molecule has 1 aromatic rings. The predicted octanol–water partition coefficient (Wildman–Crippen LogP) is 2.34. The van der Waals surface area contributed by atoms with Crippen molar-refractivity contribution in [3.8, 4) is 0 Å². The van der Waals surface area contributed by atoms with Gasteiger partial charge in [-0.15, -0.1) is 0 Å². The Labute approximate surface area is 113 Å². The lowest BCUT2D eigenvalue weighted by molar-refractivity contribution is -0.136. The maximum atomic E-state index is 13.8. The monoisotopic (exact) mass is 264 g/mol. The van der Waals surface area contributed by atoms with Crippen molar-refractivity contribution in [3.05, 3.63) is 35.6 Å². The summed E-state index contributed by atoms with van der Waals surface area (Å²) in [4.78, 5) is 14.1. The van der Waals surface area contributed by atoms with Gasteiger partial charge in [0.25, 0.3) is 0 Å². The number of amides is 1. The van der Waals surface area contributed by atoms with Crippen LogP contribution in [-0.2, 0) is 4.79 Å². The third kappa shape index (κ3) is 3.13. The molecular formula is C15H21FN2O. The summed E-state index contributed by atoms with van der Waals surface area (Å²) >= 11 is 0. The zero-order valence-electron chi connectivity index (χ0n) is 11.5. The molecule has 0 aliphatic carbocycles. The number of nitrogens with zero attached hydrogens (tertiary/aromatic N) is 1. The molecule has 19 heavy (non-hydrogen) atoms. The molecule has 1 saturated heterocycles. The number of hydrogen-bond donors (Lipinski definition) is 1. The molecule has 0 spiro atoms. The third-order valence-corrected chi connectivity index (χ3v) is 3.93. The highest BCUT2D eigenvalue weighted by Gasteiger charge is 2.27. The zero-order chi connectivity index (χ0) is 13.8. The molecule has 2 rings (SSSR count). The van der Waals surface area contributed by atoms with E-state index in [9.17, 15) is 9.18 Å². The normalized spacial score (nSPS) is 20.9. The van der Waals surface area contributed by atoms with E-state index in [1.54, 1.807) is 30.1 Å². The quantitative estimate of drug-likeness (QED) is 0.909. The first-order valence-electron chi connectivity index (χ1n) is 6.83. The van der Waals surface area contributed by atoms with Gasteiger partial charge in [0.15, 0.2) is 0 Å². The van der Waals surface area contributed by atoms with E-state index >= 15 is 0 Å². The molecule has 1 aliphatic rings. The number of carbonyl (C=O) groups is 1. The number of halogens is 1. The van der Waals surface area contributed by atoms with E-state index in [4.69, 9.17) is 0 Å². The second kappa shape index (κ2) is 6.15. The van der Waals surface area contributed by atoms with Crippen molar-refractivity contribution >= 4 is 5.91 Å². The SMILES string of the molecule is CC(c1ccccc1F)N(C)C(=O)[C@@H]1CCCNC1. The topological polar surface area (TPSA) is 32.3 Å². The summed E-state index contributed by atoms with van der Waals surface area (Å²) in [6, 6.07) is 6.40. The lowest BCUT2D eigenvalue weighted by Crippen LogP contribution is -2.42. The van der Waals surface area contributed by atoms with Gasteiger partial charge in [0.2, 0.25) is 5.91 Å². The van der Waals surface area contributed by atoms with Crippen LogP contribution in [-0.4, -0.2) is 30.9 Å². The Bertz CT molecular complexity index is 444. The second-order valence-electron chi connectivity index (χ2n) is 5.19. The van der Waals surface area contributed by atoms with Gasteiger partial charge in [-0.1, -0.05) is 18.2 Å². The van der Waals surface area contributed by atoms with Crippen LogP contribution in [0.3, 0.4) is 0 Å². The lowest BCUT2D eigenvalue weighted by atomic mass is 9.97. The first kappa shape index (κ1) is 14.0. The molecule has 1 heterocycles. The van der Waals surface area contributed by atoms with Crippen LogP contribution in [0.1, 0.15) is 31.4 Å². The summed E-state index contributed by atoms with van der Waals surface area (Å²) in [6.45, 7) is 3.58. The molecule has 104 valence electrons. The van der Waals surface area contributed by atoms with Gasteiger partial charge >= 0.3 is 0 Å². The Hall–Kier alpha value is -1.42. The Balaban J connectivity index is 2.08.